The fourth-order valence-corrected chi connectivity index (χ4v) is 3.30. The molecule has 23 heavy (non-hydrogen) atoms. The molecule has 1 aromatic carbocycles. The van der Waals surface area contributed by atoms with Crippen molar-refractivity contribution in [2.75, 3.05) is 18.6 Å². The highest BCUT2D eigenvalue weighted by Crippen LogP contribution is 2.32. The van der Waals surface area contributed by atoms with E-state index in [-0.39, 0.29) is 11.9 Å². The van der Waals surface area contributed by atoms with Crippen LogP contribution in [0.25, 0.3) is 0 Å². The number of nitrogens with zero attached hydrogens (tertiary/aromatic N) is 3. The molecule has 1 aromatic heterocycles. The first kappa shape index (κ1) is 15.6. The van der Waals surface area contributed by atoms with Crippen molar-refractivity contribution < 1.29 is 9.53 Å². The number of carbonyl (C=O) groups is 1. The van der Waals surface area contributed by atoms with Crippen molar-refractivity contribution >= 4 is 11.6 Å². The number of hydrogen-bond acceptors (Lipinski definition) is 3. The predicted octanol–water partition coefficient (Wildman–Crippen LogP) is 3.05. The standard InChI is InChI=1S/C18H23N3O2/c1-12-10-13(2)21(19-12)14(3)18(22)20-9-5-6-15-11-16(23-4)7-8-17(15)20/h7-8,10-11,14H,5-6,9H2,1-4H3/t14-/m1/s1. The molecule has 0 bridgehead atoms. The summed E-state index contributed by atoms with van der Waals surface area (Å²) < 4.78 is 7.11. The average molecular weight is 313 g/mol. The molecule has 3 rings (SSSR count). The zero-order chi connectivity index (χ0) is 16.6. The van der Waals surface area contributed by atoms with Gasteiger partial charge in [0.2, 0.25) is 0 Å². The van der Waals surface area contributed by atoms with Gasteiger partial charge in [0.25, 0.3) is 5.91 Å². The van der Waals surface area contributed by atoms with E-state index in [1.165, 1.54) is 5.56 Å². The Morgan fingerprint density at radius 3 is 2.74 bits per heavy atom. The van der Waals surface area contributed by atoms with Crippen LogP contribution in [-0.2, 0) is 11.2 Å². The van der Waals surface area contributed by atoms with Gasteiger partial charge < -0.3 is 9.64 Å². The van der Waals surface area contributed by atoms with Crippen LogP contribution >= 0.6 is 0 Å². The highest BCUT2D eigenvalue weighted by Gasteiger charge is 2.28. The van der Waals surface area contributed by atoms with E-state index in [9.17, 15) is 4.79 Å². The fourth-order valence-electron chi connectivity index (χ4n) is 3.30. The van der Waals surface area contributed by atoms with E-state index in [1.807, 2.05) is 54.6 Å². The Bertz CT molecular complexity index is 736. The smallest absolute Gasteiger partial charge is 0.251 e. The van der Waals surface area contributed by atoms with Crippen LogP contribution in [0.1, 0.15) is 36.3 Å². The minimum atomic E-state index is -0.309. The van der Waals surface area contributed by atoms with Crippen molar-refractivity contribution in [2.45, 2.75) is 39.7 Å². The van der Waals surface area contributed by atoms with E-state index in [0.717, 1.165) is 42.2 Å². The number of carbonyl (C=O) groups excluding carboxylic acids is 1. The summed E-state index contributed by atoms with van der Waals surface area (Å²) in [5.41, 5.74) is 4.11. The first-order valence-corrected chi connectivity index (χ1v) is 8.02. The summed E-state index contributed by atoms with van der Waals surface area (Å²) in [5, 5.41) is 4.46. The molecule has 122 valence electrons. The van der Waals surface area contributed by atoms with Gasteiger partial charge in [0.05, 0.1) is 12.8 Å². The summed E-state index contributed by atoms with van der Waals surface area (Å²) in [6.45, 7) is 6.60. The van der Waals surface area contributed by atoms with E-state index >= 15 is 0 Å². The number of methoxy groups -OCH3 is 1. The summed E-state index contributed by atoms with van der Waals surface area (Å²) >= 11 is 0. The van der Waals surface area contributed by atoms with Crippen molar-refractivity contribution in [2.24, 2.45) is 0 Å². The molecule has 0 spiro atoms. The molecule has 5 heteroatoms. The van der Waals surface area contributed by atoms with E-state index in [1.54, 1.807) is 7.11 Å². The summed E-state index contributed by atoms with van der Waals surface area (Å²) in [6, 6.07) is 7.62. The van der Waals surface area contributed by atoms with Gasteiger partial charge in [-0.2, -0.15) is 5.10 Å². The van der Waals surface area contributed by atoms with Gasteiger partial charge in [-0.3, -0.25) is 9.48 Å². The Labute approximate surface area is 136 Å². The molecule has 0 saturated heterocycles. The van der Waals surface area contributed by atoms with Crippen LogP contribution in [0.2, 0.25) is 0 Å². The maximum Gasteiger partial charge on any atom is 0.251 e. The van der Waals surface area contributed by atoms with Crippen molar-refractivity contribution in [3.63, 3.8) is 0 Å². The number of benzene rings is 1. The van der Waals surface area contributed by atoms with E-state index < -0.39 is 0 Å². The number of hydrogen-bond donors (Lipinski definition) is 0. The maximum absolute atomic E-state index is 13.0. The third-order valence-corrected chi connectivity index (χ3v) is 4.44. The molecule has 0 radical (unpaired) electrons. The summed E-state index contributed by atoms with van der Waals surface area (Å²) in [5.74, 6) is 0.923. The second-order valence-corrected chi connectivity index (χ2v) is 6.14. The number of aryl methyl sites for hydroxylation is 3. The van der Waals surface area contributed by atoms with Crippen LogP contribution in [-0.4, -0.2) is 29.3 Å². The molecule has 5 nitrogen and oxygen atoms in total. The van der Waals surface area contributed by atoms with Crippen molar-refractivity contribution in [3.05, 3.63) is 41.2 Å². The average Bonchev–Trinajstić information content (AvgIpc) is 2.90. The Morgan fingerprint density at radius 1 is 1.30 bits per heavy atom. The van der Waals surface area contributed by atoms with Gasteiger partial charge >= 0.3 is 0 Å². The topological polar surface area (TPSA) is 47.4 Å². The van der Waals surface area contributed by atoms with E-state index in [4.69, 9.17) is 4.74 Å². The molecule has 2 heterocycles. The zero-order valence-electron chi connectivity index (χ0n) is 14.2. The molecule has 0 aliphatic carbocycles. The first-order chi connectivity index (χ1) is 11.0. The van der Waals surface area contributed by atoms with Crippen LogP contribution < -0.4 is 9.64 Å². The SMILES string of the molecule is COc1ccc2c(c1)CCCN2C(=O)[C@@H](C)n1nc(C)cc1C. The molecular formula is C18H23N3O2. The van der Waals surface area contributed by atoms with Crippen LogP contribution in [0.3, 0.4) is 0 Å². The Balaban J connectivity index is 1.91. The van der Waals surface area contributed by atoms with Crippen LogP contribution in [0.15, 0.2) is 24.3 Å². The Morgan fingerprint density at radius 2 is 2.09 bits per heavy atom. The minimum absolute atomic E-state index is 0.0855. The lowest BCUT2D eigenvalue weighted by Gasteiger charge is -2.32. The molecule has 0 unspecified atom stereocenters. The molecule has 2 aromatic rings. The normalized spacial score (nSPS) is 15.2. The van der Waals surface area contributed by atoms with Crippen LogP contribution in [0.4, 0.5) is 5.69 Å². The lowest BCUT2D eigenvalue weighted by Crippen LogP contribution is -2.40. The monoisotopic (exact) mass is 313 g/mol. The third-order valence-electron chi connectivity index (χ3n) is 4.44. The van der Waals surface area contributed by atoms with Gasteiger partial charge in [-0.05, 0) is 63.4 Å². The van der Waals surface area contributed by atoms with Gasteiger partial charge in [0, 0.05) is 17.9 Å². The summed E-state index contributed by atoms with van der Waals surface area (Å²) in [7, 11) is 1.67. The number of anilines is 1. The Kier molecular flexibility index (Phi) is 4.11. The fraction of sp³-hybridized carbons (Fsp3) is 0.444. The third kappa shape index (κ3) is 2.83. The van der Waals surface area contributed by atoms with E-state index in [2.05, 4.69) is 5.10 Å². The molecular weight excluding hydrogens is 290 g/mol. The summed E-state index contributed by atoms with van der Waals surface area (Å²) in [4.78, 5) is 14.9. The highest BCUT2D eigenvalue weighted by atomic mass is 16.5. The van der Waals surface area contributed by atoms with Gasteiger partial charge in [0.15, 0.2) is 0 Å². The second-order valence-electron chi connectivity index (χ2n) is 6.14. The van der Waals surface area contributed by atoms with Gasteiger partial charge in [-0.25, -0.2) is 0 Å². The number of aromatic nitrogens is 2. The van der Waals surface area contributed by atoms with E-state index in [0.29, 0.717) is 0 Å². The van der Waals surface area contributed by atoms with Crippen molar-refractivity contribution in [1.82, 2.24) is 9.78 Å². The predicted molar refractivity (Wildman–Crippen MR) is 90.1 cm³/mol. The molecule has 0 saturated carbocycles. The zero-order valence-corrected chi connectivity index (χ0v) is 14.2. The van der Waals surface area contributed by atoms with Gasteiger partial charge in [-0.1, -0.05) is 0 Å². The maximum atomic E-state index is 13.0. The lowest BCUT2D eigenvalue weighted by atomic mass is 10.0. The quantitative estimate of drug-likeness (QED) is 0.875. The lowest BCUT2D eigenvalue weighted by molar-refractivity contribution is -0.121. The van der Waals surface area contributed by atoms with Crippen molar-refractivity contribution in [3.8, 4) is 5.75 Å². The van der Waals surface area contributed by atoms with Crippen LogP contribution in [0.5, 0.6) is 5.75 Å². The highest BCUT2D eigenvalue weighted by molar-refractivity contribution is 5.97. The minimum Gasteiger partial charge on any atom is -0.497 e. The van der Waals surface area contributed by atoms with Gasteiger partial charge in [-0.15, -0.1) is 0 Å². The van der Waals surface area contributed by atoms with Crippen LogP contribution in [0, 0.1) is 13.8 Å². The van der Waals surface area contributed by atoms with Crippen molar-refractivity contribution in [1.29, 1.82) is 0 Å². The number of fused-ring (bicyclic) bond motifs is 1. The molecule has 1 amide bonds. The molecule has 0 fully saturated rings. The number of ether oxygens (including phenoxy) is 1. The summed E-state index contributed by atoms with van der Waals surface area (Å²) in [6.07, 6.45) is 1.94. The molecule has 1 aliphatic heterocycles. The first-order valence-electron chi connectivity index (χ1n) is 8.02. The molecule has 1 atom stereocenters. The number of amides is 1. The largest absolute Gasteiger partial charge is 0.497 e. The molecule has 1 aliphatic rings. The Hall–Kier alpha value is -2.30. The van der Waals surface area contributed by atoms with Gasteiger partial charge in [0.1, 0.15) is 11.8 Å². The second kappa shape index (κ2) is 6.07. The molecule has 0 N–H and O–H groups in total. The number of rotatable bonds is 3.